The van der Waals surface area contributed by atoms with Crippen LogP contribution in [0.3, 0.4) is 0 Å². The van der Waals surface area contributed by atoms with E-state index in [2.05, 4.69) is 49.4 Å². The maximum atomic E-state index is 12.9. The van der Waals surface area contributed by atoms with Gasteiger partial charge in [-0.1, -0.05) is 100 Å². The van der Waals surface area contributed by atoms with Gasteiger partial charge in [0.2, 0.25) is 4.75 Å². The van der Waals surface area contributed by atoms with Crippen molar-refractivity contribution in [2.45, 2.75) is 87.7 Å². The van der Waals surface area contributed by atoms with Crippen molar-refractivity contribution in [2.24, 2.45) is 0 Å². The molecule has 2 aromatic rings. The molecule has 3 nitrogen and oxygen atoms in total. The number of fused-ring (bicyclic) bond motifs is 3. The summed E-state index contributed by atoms with van der Waals surface area (Å²) in [7, 11) is 0. The minimum absolute atomic E-state index is 0.291. The van der Waals surface area contributed by atoms with Crippen LogP contribution in [0.5, 0.6) is 0 Å². The zero-order chi connectivity index (χ0) is 22.8. The Morgan fingerprint density at radius 2 is 1.66 bits per heavy atom. The molecule has 1 atom stereocenters. The average Bonchev–Trinajstić information content (AvgIpc) is 3.18. The van der Waals surface area contributed by atoms with Gasteiger partial charge in [0.25, 0.3) is 0 Å². The minimum atomic E-state index is -1.18. The molecule has 3 rings (SSSR count). The van der Waals surface area contributed by atoms with Crippen molar-refractivity contribution in [3.8, 4) is 17.2 Å². The molecular formula is C28H35NO2S. The van der Waals surface area contributed by atoms with E-state index >= 15 is 0 Å². The summed E-state index contributed by atoms with van der Waals surface area (Å²) in [6.07, 6.45) is 10.9. The summed E-state index contributed by atoms with van der Waals surface area (Å²) in [6, 6.07) is 17.1. The molecular weight excluding hydrogens is 414 g/mol. The van der Waals surface area contributed by atoms with Crippen molar-refractivity contribution in [1.29, 1.82) is 5.26 Å². The summed E-state index contributed by atoms with van der Waals surface area (Å²) in [4.78, 5) is 13.8. The molecule has 0 amide bonds. The van der Waals surface area contributed by atoms with Crippen LogP contribution in [0.2, 0.25) is 0 Å². The Balaban J connectivity index is 1.66. The highest BCUT2D eigenvalue weighted by Gasteiger charge is 2.41. The van der Waals surface area contributed by atoms with Gasteiger partial charge in [0.1, 0.15) is 0 Å². The number of thioether (sulfide) groups is 1. The van der Waals surface area contributed by atoms with Gasteiger partial charge in [-0.05, 0) is 54.2 Å². The molecule has 0 saturated carbocycles. The van der Waals surface area contributed by atoms with Crippen molar-refractivity contribution in [2.75, 3.05) is 6.61 Å². The first-order chi connectivity index (χ1) is 15.6. The number of carbonyl (C=O) groups is 1. The number of nitriles is 1. The fourth-order valence-electron chi connectivity index (χ4n) is 4.46. The van der Waals surface area contributed by atoms with Gasteiger partial charge in [0.05, 0.1) is 12.7 Å². The van der Waals surface area contributed by atoms with Crippen LogP contribution in [0, 0.1) is 11.3 Å². The lowest BCUT2D eigenvalue weighted by atomic mass is 10.00. The molecule has 0 spiro atoms. The number of benzene rings is 2. The lowest BCUT2D eigenvalue weighted by molar-refractivity contribution is -0.144. The van der Waals surface area contributed by atoms with E-state index in [4.69, 9.17) is 4.74 Å². The van der Waals surface area contributed by atoms with E-state index in [-0.39, 0.29) is 0 Å². The summed E-state index contributed by atoms with van der Waals surface area (Å²) in [5.41, 5.74) is 5.14. The molecule has 4 heteroatoms. The zero-order valence-corrected chi connectivity index (χ0v) is 20.3. The van der Waals surface area contributed by atoms with Gasteiger partial charge in [0.15, 0.2) is 0 Å². The van der Waals surface area contributed by atoms with Crippen molar-refractivity contribution in [3.05, 3.63) is 53.6 Å². The van der Waals surface area contributed by atoms with Crippen molar-refractivity contribution in [1.82, 2.24) is 0 Å². The van der Waals surface area contributed by atoms with Gasteiger partial charge >= 0.3 is 5.97 Å². The Hall–Kier alpha value is -2.25. The molecule has 0 bridgehead atoms. The molecule has 0 saturated heterocycles. The Bertz CT molecular complexity index is 949. The van der Waals surface area contributed by atoms with E-state index in [0.29, 0.717) is 13.0 Å². The number of rotatable bonds is 13. The number of unbranched alkanes of at least 4 members (excludes halogenated alkanes) is 7. The largest absolute Gasteiger partial charge is 0.464 e. The van der Waals surface area contributed by atoms with Crippen LogP contribution in [0.15, 0.2) is 47.4 Å². The van der Waals surface area contributed by atoms with Crippen molar-refractivity contribution in [3.63, 3.8) is 0 Å². The number of carbonyl (C=O) groups excluding carboxylic acids is 1. The van der Waals surface area contributed by atoms with Gasteiger partial charge in [-0.15, -0.1) is 0 Å². The topological polar surface area (TPSA) is 50.1 Å². The highest BCUT2D eigenvalue weighted by atomic mass is 32.2. The fourth-order valence-corrected chi connectivity index (χ4v) is 5.63. The maximum Gasteiger partial charge on any atom is 0.337 e. The van der Waals surface area contributed by atoms with Crippen LogP contribution in [-0.4, -0.2) is 17.3 Å². The van der Waals surface area contributed by atoms with E-state index in [1.54, 1.807) is 6.92 Å². The van der Waals surface area contributed by atoms with Crippen LogP contribution < -0.4 is 0 Å². The van der Waals surface area contributed by atoms with Crippen LogP contribution in [-0.2, 0) is 16.0 Å². The number of ether oxygens (including phenoxy) is 1. The number of esters is 1. The third-order valence-corrected chi connectivity index (χ3v) is 7.53. The third-order valence-electron chi connectivity index (χ3n) is 6.23. The van der Waals surface area contributed by atoms with E-state index < -0.39 is 10.7 Å². The molecule has 2 aromatic carbocycles. The van der Waals surface area contributed by atoms with Gasteiger partial charge in [-0.25, -0.2) is 4.79 Å². The molecule has 0 aromatic heterocycles. The van der Waals surface area contributed by atoms with E-state index in [1.165, 1.54) is 66.1 Å². The van der Waals surface area contributed by atoms with Crippen molar-refractivity contribution >= 4 is 17.7 Å². The summed E-state index contributed by atoms with van der Waals surface area (Å²) in [6.45, 7) is 4.32. The summed E-state index contributed by atoms with van der Waals surface area (Å²) in [5.74, 6) is -0.403. The lowest BCUT2D eigenvalue weighted by Gasteiger charge is -2.24. The standard InChI is InChI=1S/C28H35NO2S/c1-3-5-6-7-8-9-10-13-18-28(21-29,27(30)31-4-2)32-24-16-17-26-23(20-24)19-22-14-11-12-15-25(22)26/h11-12,14-17,20H,3-10,13,18-19H2,1-2H3. The van der Waals surface area contributed by atoms with E-state index in [9.17, 15) is 10.1 Å². The summed E-state index contributed by atoms with van der Waals surface area (Å²) < 4.78 is 4.17. The van der Waals surface area contributed by atoms with Gasteiger partial charge < -0.3 is 4.74 Å². The normalized spacial score (nSPS) is 13.7. The Morgan fingerprint density at radius 3 is 2.38 bits per heavy atom. The number of nitrogens with zero attached hydrogens (tertiary/aromatic N) is 1. The van der Waals surface area contributed by atoms with Crippen molar-refractivity contribution < 1.29 is 9.53 Å². The SMILES string of the molecule is CCCCCCCCCCC(C#N)(Sc1ccc2c(c1)Cc1ccccc1-2)C(=O)OCC. The molecule has 0 aliphatic heterocycles. The smallest absolute Gasteiger partial charge is 0.337 e. The molecule has 170 valence electrons. The Morgan fingerprint density at radius 1 is 0.969 bits per heavy atom. The minimum Gasteiger partial charge on any atom is -0.464 e. The van der Waals surface area contributed by atoms with Crippen LogP contribution >= 0.6 is 11.8 Å². The maximum absolute atomic E-state index is 12.9. The molecule has 1 aliphatic rings. The van der Waals surface area contributed by atoms with Crippen LogP contribution in [0.4, 0.5) is 0 Å². The predicted molar refractivity (Wildman–Crippen MR) is 133 cm³/mol. The Labute approximate surface area is 197 Å². The van der Waals surface area contributed by atoms with E-state index in [1.807, 2.05) is 6.07 Å². The van der Waals surface area contributed by atoms with Gasteiger partial charge in [0, 0.05) is 4.90 Å². The first-order valence-corrected chi connectivity index (χ1v) is 12.9. The monoisotopic (exact) mass is 449 g/mol. The fraction of sp³-hybridized carbons (Fsp3) is 0.500. The molecule has 0 heterocycles. The molecule has 0 radical (unpaired) electrons. The summed E-state index contributed by atoms with van der Waals surface area (Å²) in [5, 5.41) is 10.1. The quantitative estimate of drug-likeness (QED) is 0.152. The summed E-state index contributed by atoms with van der Waals surface area (Å²) >= 11 is 1.37. The number of hydrogen-bond donors (Lipinski definition) is 0. The van der Waals surface area contributed by atoms with E-state index in [0.717, 1.165) is 30.6 Å². The van der Waals surface area contributed by atoms with Gasteiger partial charge in [-0.2, -0.15) is 5.26 Å². The third kappa shape index (κ3) is 5.95. The zero-order valence-electron chi connectivity index (χ0n) is 19.5. The van der Waals surface area contributed by atoms with Crippen LogP contribution in [0.25, 0.3) is 11.1 Å². The highest BCUT2D eigenvalue weighted by molar-refractivity contribution is 8.01. The molecule has 32 heavy (non-hydrogen) atoms. The molecule has 0 fully saturated rings. The second kappa shape index (κ2) is 12.1. The second-order valence-corrected chi connectivity index (χ2v) is 10.0. The molecule has 1 unspecified atom stereocenters. The second-order valence-electron chi connectivity index (χ2n) is 8.64. The molecule has 1 aliphatic carbocycles. The first-order valence-electron chi connectivity index (χ1n) is 12.1. The highest BCUT2D eigenvalue weighted by Crippen LogP contribution is 2.42. The molecule has 0 N–H and O–H groups in total. The predicted octanol–water partition coefficient (Wildman–Crippen LogP) is 7.71. The number of hydrogen-bond acceptors (Lipinski definition) is 4. The average molecular weight is 450 g/mol. The first kappa shape index (κ1) is 24.4. The van der Waals surface area contributed by atoms with Crippen LogP contribution in [0.1, 0.15) is 82.8 Å². The lowest BCUT2D eigenvalue weighted by Crippen LogP contribution is -2.35. The Kier molecular flexibility index (Phi) is 9.23. The van der Waals surface area contributed by atoms with Gasteiger partial charge in [-0.3, -0.25) is 0 Å².